The zero-order chi connectivity index (χ0) is 16.3. The van der Waals surface area contributed by atoms with Crippen LogP contribution in [0.3, 0.4) is 0 Å². The second kappa shape index (κ2) is 18.5. The van der Waals surface area contributed by atoms with Crippen molar-refractivity contribution in [3.05, 3.63) is 25.3 Å². The summed E-state index contributed by atoms with van der Waals surface area (Å²) in [4.78, 5) is 0. The molecule has 22 heavy (non-hydrogen) atoms. The molecule has 0 saturated heterocycles. The fourth-order valence-electron chi connectivity index (χ4n) is 3.25. The van der Waals surface area contributed by atoms with E-state index >= 15 is 0 Å². The number of allylic oxidation sites excluding steroid dienone is 2. The average molecular weight is 307 g/mol. The Morgan fingerprint density at radius 1 is 0.591 bits per heavy atom. The van der Waals surface area contributed by atoms with Gasteiger partial charge in [0.05, 0.1) is 0 Å². The number of unbranched alkanes of at least 4 members (excludes halogenated alkanes) is 12. The Kier molecular flexibility index (Phi) is 18.1. The van der Waals surface area contributed by atoms with Crippen molar-refractivity contribution in [3.8, 4) is 0 Å². The SMILES string of the molecule is C=CCC(CC=C)CCCCCCCCCCCCCCC. The zero-order valence-electron chi connectivity index (χ0n) is 15.5. The predicted molar refractivity (Wildman–Crippen MR) is 103 cm³/mol. The van der Waals surface area contributed by atoms with Crippen LogP contribution in [0.15, 0.2) is 25.3 Å². The Morgan fingerprint density at radius 3 is 1.32 bits per heavy atom. The molecule has 0 aliphatic carbocycles. The largest absolute Gasteiger partial charge is 0.103 e. The van der Waals surface area contributed by atoms with Crippen LogP contribution in [0.2, 0.25) is 0 Å². The van der Waals surface area contributed by atoms with Crippen LogP contribution >= 0.6 is 0 Å². The van der Waals surface area contributed by atoms with Crippen LogP contribution in [-0.2, 0) is 0 Å². The van der Waals surface area contributed by atoms with Gasteiger partial charge in [-0.15, -0.1) is 13.2 Å². The fourth-order valence-corrected chi connectivity index (χ4v) is 3.25. The molecule has 130 valence electrons. The van der Waals surface area contributed by atoms with Gasteiger partial charge in [0.1, 0.15) is 0 Å². The Balaban J connectivity index is 3.19. The van der Waals surface area contributed by atoms with Gasteiger partial charge in [0.15, 0.2) is 0 Å². The van der Waals surface area contributed by atoms with Crippen molar-refractivity contribution in [1.29, 1.82) is 0 Å². The third-order valence-corrected chi connectivity index (χ3v) is 4.72. The smallest absolute Gasteiger partial charge is 0.0322 e. The van der Waals surface area contributed by atoms with Crippen molar-refractivity contribution in [1.82, 2.24) is 0 Å². The van der Waals surface area contributed by atoms with Crippen molar-refractivity contribution >= 4 is 0 Å². The molecule has 0 aliphatic heterocycles. The molecule has 0 amide bonds. The van der Waals surface area contributed by atoms with Gasteiger partial charge < -0.3 is 0 Å². The van der Waals surface area contributed by atoms with Crippen molar-refractivity contribution < 1.29 is 0 Å². The maximum Gasteiger partial charge on any atom is -0.0322 e. The van der Waals surface area contributed by atoms with Crippen LogP contribution in [0.4, 0.5) is 0 Å². The van der Waals surface area contributed by atoms with E-state index in [4.69, 9.17) is 0 Å². The van der Waals surface area contributed by atoms with Gasteiger partial charge in [0.25, 0.3) is 0 Å². The number of hydrogen-bond donors (Lipinski definition) is 0. The first kappa shape index (κ1) is 21.5. The molecule has 0 N–H and O–H groups in total. The normalized spacial score (nSPS) is 11.0. The van der Waals surface area contributed by atoms with Gasteiger partial charge >= 0.3 is 0 Å². The van der Waals surface area contributed by atoms with Crippen molar-refractivity contribution in [2.24, 2.45) is 5.92 Å². The summed E-state index contributed by atoms with van der Waals surface area (Å²) in [6.07, 6.45) is 26.5. The summed E-state index contributed by atoms with van der Waals surface area (Å²) in [5.74, 6) is 0.794. The van der Waals surface area contributed by atoms with E-state index in [0.717, 1.165) is 18.8 Å². The Bertz CT molecular complexity index is 218. The molecule has 0 aromatic rings. The van der Waals surface area contributed by atoms with Gasteiger partial charge in [-0.05, 0) is 25.2 Å². The van der Waals surface area contributed by atoms with Gasteiger partial charge in [-0.3, -0.25) is 0 Å². The average Bonchev–Trinajstić information content (AvgIpc) is 2.52. The maximum absolute atomic E-state index is 3.86. The quantitative estimate of drug-likeness (QED) is 0.177. The highest BCUT2D eigenvalue weighted by atomic mass is 14.1. The molecule has 0 fully saturated rings. The molecule has 0 nitrogen and oxygen atoms in total. The molecule has 0 aromatic heterocycles. The summed E-state index contributed by atoms with van der Waals surface area (Å²) in [7, 11) is 0. The summed E-state index contributed by atoms with van der Waals surface area (Å²) in [6, 6.07) is 0. The third-order valence-electron chi connectivity index (χ3n) is 4.72. The minimum atomic E-state index is 0.794. The second-order valence-electron chi connectivity index (χ2n) is 6.95. The van der Waals surface area contributed by atoms with Crippen LogP contribution in [0.1, 0.15) is 110 Å². The van der Waals surface area contributed by atoms with Gasteiger partial charge in [0.2, 0.25) is 0 Å². The lowest BCUT2D eigenvalue weighted by Crippen LogP contribution is -1.97. The van der Waals surface area contributed by atoms with E-state index in [0.29, 0.717) is 0 Å². The molecule has 0 aliphatic rings. The van der Waals surface area contributed by atoms with Crippen molar-refractivity contribution in [2.75, 3.05) is 0 Å². The highest BCUT2D eigenvalue weighted by Crippen LogP contribution is 2.19. The fraction of sp³-hybridized carbons (Fsp3) is 0.818. The second-order valence-corrected chi connectivity index (χ2v) is 6.95. The molecule has 0 unspecified atom stereocenters. The van der Waals surface area contributed by atoms with E-state index in [9.17, 15) is 0 Å². The van der Waals surface area contributed by atoms with Gasteiger partial charge in [-0.1, -0.05) is 103 Å². The molecule has 0 bridgehead atoms. The summed E-state index contributed by atoms with van der Waals surface area (Å²) in [5, 5.41) is 0. The lowest BCUT2D eigenvalue weighted by atomic mass is 9.94. The van der Waals surface area contributed by atoms with Crippen molar-refractivity contribution in [3.63, 3.8) is 0 Å². The van der Waals surface area contributed by atoms with Crippen molar-refractivity contribution in [2.45, 2.75) is 110 Å². The summed E-state index contributed by atoms with van der Waals surface area (Å²) in [6.45, 7) is 10.0. The highest BCUT2D eigenvalue weighted by Gasteiger charge is 2.04. The molecule has 0 heteroatoms. The summed E-state index contributed by atoms with van der Waals surface area (Å²) in [5.41, 5.74) is 0. The minimum absolute atomic E-state index is 0.794. The zero-order valence-corrected chi connectivity index (χ0v) is 15.5. The maximum atomic E-state index is 3.86. The standard InChI is InChI=1S/C22H42/c1-4-7-8-9-10-11-12-13-14-15-16-17-18-21-22(19-5-2)20-6-3/h5-6,22H,2-4,7-21H2,1H3. The Hall–Kier alpha value is -0.520. The van der Waals surface area contributed by atoms with Gasteiger partial charge in [0, 0.05) is 0 Å². The molecular weight excluding hydrogens is 264 g/mol. The molecule has 0 aromatic carbocycles. The van der Waals surface area contributed by atoms with Crippen LogP contribution < -0.4 is 0 Å². The van der Waals surface area contributed by atoms with Crippen LogP contribution in [-0.4, -0.2) is 0 Å². The molecular formula is C22H42. The first-order chi connectivity index (χ1) is 10.8. The lowest BCUT2D eigenvalue weighted by molar-refractivity contribution is 0.456. The molecule has 0 radical (unpaired) electrons. The Morgan fingerprint density at radius 2 is 0.955 bits per heavy atom. The summed E-state index contributed by atoms with van der Waals surface area (Å²) < 4.78 is 0. The third kappa shape index (κ3) is 15.9. The first-order valence-corrected chi connectivity index (χ1v) is 10.1. The predicted octanol–water partition coefficient (Wildman–Crippen LogP) is 8.24. The van der Waals surface area contributed by atoms with E-state index in [-0.39, 0.29) is 0 Å². The van der Waals surface area contributed by atoms with E-state index in [1.807, 2.05) is 0 Å². The number of hydrogen-bond acceptors (Lipinski definition) is 0. The molecule has 0 atom stereocenters. The van der Waals surface area contributed by atoms with Gasteiger partial charge in [-0.2, -0.15) is 0 Å². The number of rotatable bonds is 18. The molecule has 0 spiro atoms. The lowest BCUT2D eigenvalue weighted by Gasteiger charge is -2.12. The van der Waals surface area contributed by atoms with Crippen LogP contribution in [0.25, 0.3) is 0 Å². The molecule has 0 saturated carbocycles. The molecule has 0 heterocycles. The first-order valence-electron chi connectivity index (χ1n) is 10.1. The van der Waals surface area contributed by atoms with Crippen LogP contribution in [0, 0.1) is 5.92 Å². The monoisotopic (exact) mass is 306 g/mol. The van der Waals surface area contributed by atoms with Gasteiger partial charge in [-0.25, -0.2) is 0 Å². The summed E-state index contributed by atoms with van der Waals surface area (Å²) >= 11 is 0. The van der Waals surface area contributed by atoms with E-state index in [1.165, 1.54) is 89.9 Å². The highest BCUT2D eigenvalue weighted by molar-refractivity contribution is 4.79. The molecule has 0 rings (SSSR count). The minimum Gasteiger partial charge on any atom is -0.103 e. The Labute approximate surface area is 141 Å². The van der Waals surface area contributed by atoms with E-state index in [2.05, 4.69) is 32.2 Å². The van der Waals surface area contributed by atoms with Crippen LogP contribution in [0.5, 0.6) is 0 Å². The van der Waals surface area contributed by atoms with E-state index < -0.39 is 0 Å². The van der Waals surface area contributed by atoms with E-state index in [1.54, 1.807) is 0 Å². The topological polar surface area (TPSA) is 0 Å².